The monoisotopic (exact) mass is 396 g/mol. The van der Waals surface area contributed by atoms with Crippen LogP contribution in [0.25, 0.3) is 0 Å². The fraction of sp³-hybridized carbons (Fsp3) is 0.333. The van der Waals surface area contributed by atoms with E-state index >= 15 is 0 Å². The number of hydrogen-bond acceptors (Lipinski definition) is 6. The summed E-state index contributed by atoms with van der Waals surface area (Å²) in [4.78, 5) is 0. The van der Waals surface area contributed by atoms with Gasteiger partial charge in [-0.05, 0) is 18.9 Å². The number of fused-ring (bicyclic) bond motifs is 2. The molecule has 1 N–H and O–H groups in total. The van der Waals surface area contributed by atoms with Crippen LogP contribution >= 0.6 is 0 Å². The molecule has 148 valence electrons. The molecule has 4 atom stereocenters. The third kappa shape index (κ3) is 2.16. The predicted octanol–water partition coefficient (Wildman–Crippen LogP) is 4.50. The van der Waals surface area contributed by atoms with E-state index in [2.05, 4.69) is 18.2 Å². The molecule has 2 saturated heterocycles. The minimum Gasteiger partial charge on any atom is -0.443 e. The van der Waals surface area contributed by atoms with Crippen LogP contribution in [0.2, 0.25) is 0 Å². The standard InChI is InChI=1S/C24H20N4O2/c1-3-19-23(15-27)21(28)30-24(19,18-10-5-4-6-11-18)29-20(22(23,13-25)14-26)17-9-7-8-16(2)12-17/h4-12,19-20,28H,3H2,1-2H3. The third-order valence-electron chi connectivity index (χ3n) is 6.36. The molecule has 4 rings (SSSR count). The van der Waals surface area contributed by atoms with Gasteiger partial charge in [-0.25, -0.2) is 0 Å². The largest absolute Gasteiger partial charge is 0.443 e. The maximum Gasteiger partial charge on any atom is 0.244 e. The molecule has 6 nitrogen and oxygen atoms in total. The zero-order chi connectivity index (χ0) is 21.6. The number of nitrogens with zero attached hydrogens (tertiary/aromatic N) is 3. The van der Waals surface area contributed by atoms with Crippen molar-refractivity contribution < 1.29 is 9.47 Å². The van der Waals surface area contributed by atoms with Crippen LogP contribution in [0.4, 0.5) is 0 Å². The summed E-state index contributed by atoms with van der Waals surface area (Å²) in [6.45, 7) is 3.76. The van der Waals surface area contributed by atoms with E-state index in [1.165, 1.54) is 0 Å². The minimum atomic E-state index is -1.94. The van der Waals surface area contributed by atoms with Crippen molar-refractivity contribution in [3.05, 3.63) is 71.3 Å². The molecule has 4 unspecified atom stereocenters. The topological polar surface area (TPSA) is 114 Å². The quantitative estimate of drug-likeness (QED) is 0.820. The molecule has 2 aromatic carbocycles. The van der Waals surface area contributed by atoms with Gasteiger partial charge < -0.3 is 9.47 Å². The minimum absolute atomic E-state index is 0.385. The molecule has 2 aliphatic rings. The maximum atomic E-state index is 10.4. The summed E-state index contributed by atoms with van der Waals surface area (Å²) in [5.41, 5.74) is -1.52. The van der Waals surface area contributed by atoms with Gasteiger partial charge in [-0.2, -0.15) is 15.8 Å². The first-order chi connectivity index (χ1) is 14.5. The number of hydrogen-bond donors (Lipinski definition) is 1. The van der Waals surface area contributed by atoms with Crippen LogP contribution in [0.3, 0.4) is 0 Å². The Morgan fingerprint density at radius 3 is 2.27 bits per heavy atom. The van der Waals surface area contributed by atoms with E-state index in [9.17, 15) is 15.8 Å². The Hall–Kier alpha value is -3.66. The Morgan fingerprint density at radius 1 is 1.00 bits per heavy atom. The SMILES string of the molecule is CCC1C2(c3ccccc3)OC(=N)C1(C#N)C(C#N)(C#N)C(c1cccc(C)c1)O2. The summed E-state index contributed by atoms with van der Waals surface area (Å²) in [5, 5.41) is 39.6. The highest BCUT2D eigenvalue weighted by molar-refractivity contribution is 5.89. The van der Waals surface area contributed by atoms with Crippen LogP contribution in [-0.4, -0.2) is 5.90 Å². The average Bonchev–Trinajstić information content (AvgIpc) is 2.98. The first-order valence-electron chi connectivity index (χ1n) is 9.77. The van der Waals surface area contributed by atoms with Gasteiger partial charge in [-0.3, -0.25) is 5.41 Å². The van der Waals surface area contributed by atoms with Crippen molar-refractivity contribution >= 4 is 5.90 Å². The van der Waals surface area contributed by atoms with E-state index in [4.69, 9.17) is 14.9 Å². The van der Waals surface area contributed by atoms with Crippen molar-refractivity contribution in [1.82, 2.24) is 0 Å². The molecule has 0 spiro atoms. The van der Waals surface area contributed by atoms with Gasteiger partial charge >= 0.3 is 0 Å². The van der Waals surface area contributed by atoms with Crippen LogP contribution in [0.5, 0.6) is 0 Å². The number of rotatable bonds is 3. The highest BCUT2D eigenvalue weighted by Crippen LogP contribution is 2.69. The van der Waals surface area contributed by atoms with Crippen LogP contribution in [0.1, 0.15) is 36.1 Å². The van der Waals surface area contributed by atoms with Crippen molar-refractivity contribution in [2.75, 3.05) is 0 Å². The molecule has 0 radical (unpaired) electrons. The van der Waals surface area contributed by atoms with Crippen molar-refractivity contribution in [2.45, 2.75) is 32.2 Å². The number of nitriles is 3. The normalized spacial score (nSPS) is 31.1. The van der Waals surface area contributed by atoms with E-state index in [-0.39, 0.29) is 5.90 Å². The Kier molecular flexibility index (Phi) is 4.39. The molecule has 2 aliphatic heterocycles. The summed E-state index contributed by atoms with van der Waals surface area (Å²) >= 11 is 0. The lowest BCUT2D eigenvalue weighted by atomic mass is 9.52. The first-order valence-corrected chi connectivity index (χ1v) is 9.77. The van der Waals surface area contributed by atoms with Gasteiger partial charge in [0.15, 0.2) is 5.41 Å². The maximum absolute atomic E-state index is 10.4. The van der Waals surface area contributed by atoms with Gasteiger partial charge in [-0.15, -0.1) is 0 Å². The molecule has 2 fully saturated rings. The van der Waals surface area contributed by atoms with Gasteiger partial charge in [0.2, 0.25) is 17.1 Å². The van der Waals surface area contributed by atoms with Crippen molar-refractivity contribution in [3.8, 4) is 18.2 Å². The molecule has 0 aliphatic carbocycles. The molecule has 0 amide bonds. The van der Waals surface area contributed by atoms with Gasteiger partial charge in [0.05, 0.1) is 24.1 Å². The number of ether oxygens (including phenoxy) is 2. The Balaban J connectivity index is 2.08. The smallest absolute Gasteiger partial charge is 0.244 e. The molecule has 30 heavy (non-hydrogen) atoms. The van der Waals surface area contributed by atoms with Gasteiger partial charge in [-0.1, -0.05) is 67.1 Å². The van der Waals surface area contributed by atoms with Gasteiger partial charge in [0.1, 0.15) is 6.10 Å². The number of aryl methyl sites for hydroxylation is 1. The lowest BCUT2D eigenvalue weighted by Gasteiger charge is -2.49. The Labute approximate surface area is 175 Å². The van der Waals surface area contributed by atoms with Crippen LogP contribution in [-0.2, 0) is 15.3 Å². The van der Waals surface area contributed by atoms with Gasteiger partial charge in [0, 0.05) is 5.56 Å². The average molecular weight is 396 g/mol. The van der Waals surface area contributed by atoms with E-state index < -0.39 is 28.6 Å². The Bertz CT molecular complexity index is 1130. The molecule has 0 saturated carbocycles. The van der Waals surface area contributed by atoms with E-state index in [1.54, 1.807) is 6.07 Å². The highest BCUT2D eigenvalue weighted by Gasteiger charge is 2.80. The van der Waals surface area contributed by atoms with Crippen LogP contribution in [0.15, 0.2) is 54.6 Å². The van der Waals surface area contributed by atoms with E-state index in [0.717, 1.165) is 5.56 Å². The van der Waals surface area contributed by atoms with Crippen LogP contribution < -0.4 is 0 Å². The summed E-state index contributed by atoms with van der Waals surface area (Å²) in [7, 11) is 0. The van der Waals surface area contributed by atoms with Crippen molar-refractivity contribution in [2.24, 2.45) is 16.7 Å². The Morgan fingerprint density at radius 2 is 1.70 bits per heavy atom. The van der Waals surface area contributed by atoms with Crippen molar-refractivity contribution in [3.63, 3.8) is 0 Å². The molecule has 0 aromatic heterocycles. The van der Waals surface area contributed by atoms with E-state index in [0.29, 0.717) is 17.5 Å². The second-order valence-corrected chi connectivity index (χ2v) is 7.79. The summed E-state index contributed by atoms with van der Waals surface area (Å²) in [5.74, 6) is -2.53. The number of nitrogens with one attached hydrogen (secondary N) is 1. The third-order valence-corrected chi connectivity index (χ3v) is 6.36. The molecule has 2 bridgehead atoms. The fourth-order valence-corrected chi connectivity index (χ4v) is 5.04. The predicted molar refractivity (Wildman–Crippen MR) is 107 cm³/mol. The molecule has 2 aromatic rings. The number of benzene rings is 2. The first kappa shape index (κ1) is 19.6. The van der Waals surface area contributed by atoms with E-state index in [1.807, 2.05) is 62.4 Å². The zero-order valence-corrected chi connectivity index (χ0v) is 16.7. The molecule has 2 heterocycles. The highest BCUT2D eigenvalue weighted by atomic mass is 16.7. The van der Waals surface area contributed by atoms with Gasteiger partial charge in [0.25, 0.3) is 0 Å². The molecular formula is C24H20N4O2. The summed E-state index contributed by atoms with van der Waals surface area (Å²) in [6, 6.07) is 22.9. The second kappa shape index (κ2) is 6.70. The fourth-order valence-electron chi connectivity index (χ4n) is 5.04. The summed E-state index contributed by atoms with van der Waals surface area (Å²) in [6.07, 6.45) is -0.686. The molecular weight excluding hydrogens is 376 g/mol. The summed E-state index contributed by atoms with van der Waals surface area (Å²) < 4.78 is 12.6. The molecule has 6 heteroatoms. The van der Waals surface area contributed by atoms with Crippen molar-refractivity contribution in [1.29, 1.82) is 21.2 Å². The lowest BCUT2D eigenvalue weighted by molar-refractivity contribution is -0.292. The zero-order valence-electron chi connectivity index (χ0n) is 16.7. The lowest BCUT2D eigenvalue weighted by Crippen LogP contribution is -2.58. The van der Waals surface area contributed by atoms with Crippen LogP contribution in [0, 0.1) is 63.1 Å². The second-order valence-electron chi connectivity index (χ2n) is 7.79.